The number of nitrogens with one attached hydrogen (secondary N) is 3. The minimum Gasteiger partial charge on any atom is -0.492 e. The number of hydrogen-bond donors (Lipinski definition) is 4. The Labute approximate surface area is 197 Å². The van der Waals surface area contributed by atoms with Crippen molar-refractivity contribution in [2.24, 2.45) is 10.9 Å². The second kappa shape index (κ2) is 9.22. The average molecular weight is 456 g/mol. The number of H-pyrrole nitrogens is 1. The molecule has 0 saturated heterocycles. The molecule has 172 valence electrons. The van der Waals surface area contributed by atoms with Crippen LogP contribution in [-0.2, 0) is 11.3 Å². The van der Waals surface area contributed by atoms with Crippen LogP contribution in [0, 0.1) is 5.92 Å². The van der Waals surface area contributed by atoms with Gasteiger partial charge in [0.1, 0.15) is 5.69 Å². The van der Waals surface area contributed by atoms with Gasteiger partial charge in [-0.15, -0.1) is 0 Å². The van der Waals surface area contributed by atoms with E-state index in [9.17, 15) is 9.90 Å². The first-order chi connectivity index (χ1) is 16.5. The van der Waals surface area contributed by atoms with Crippen LogP contribution in [0.25, 0.3) is 11.6 Å². The summed E-state index contributed by atoms with van der Waals surface area (Å²) in [6.07, 6.45) is 9.67. The lowest BCUT2D eigenvalue weighted by Crippen LogP contribution is -2.28. The third kappa shape index (κ3) is 4.68. The summed E-state index contributed by atoms with van der Waals surface area (Å²) in [5.41, 5.74) is 3.68. The van der Waals surface area contributed by atoms with Crippen molar-refractivity contribution in [1.82, 2.24) is 19.9 Å². The summed E-state index contributed by atoms with van der Waals surface area (Å²) in [6.45, 7) is 1.42. The molecule has 1 amide bonds. The number of amides is 1. The predicted molar refractivity (Wildman–Crippen MR) is 133 cm³/mol. The number of aromatic hydroxyl groups is 1. The van der Waals surface area contributed by atoms with Crippen molar-refractivity contribution in [3.05, 3.63) is 71.7 Å². The smallest absolute Gasteiger partial charge is 0.238 e. The molecule has 4 N–H and O–H groups in total. The minimum atomic E-state index is -0.167. The van der Waals surface area contributed by atoms with E-state index in [1.54, 1.807) is 18.5 Å². The van der Waals surface area contributed by atoms with E-state index in [-0.39, 0.29) is 17.7 Å². The number of aliphatic imine (C=N–C) groups is 1. The van der Waals surface area contributed by atoms with E-state index in [1.165, 1.54) is 0 Å². The number of fused-ring (bicyclic) bond motifs is 1. The number of aromatic amines is 1. The number of imidazole rings is 1. The number of allylic oxidation sites excluding steroid dienone is 1. The zero-order valence-corrected chi connectivity index (χ0v) is 18.7. The third-order valence-electron chi connectivity index (χ3n) is 5.79. The summed E-state index contributed by atoms with van der Waals surface area (Å²) in [7, 11) is 1.99. The van der Waals surface area contributed by atoms with Crippen molar-refractivity contribution >= 4 is 41.2 Å². The highest BCUT2D eigenvalue weighted by Gasteiger charge is 2.21. The van der Waals surface area contributed by atoms with Crippen LogP contribution in [0.5, 0.6) is 5.88 Å². The van der Waals surface area contributed by atoms with E-state index in [0.29, 0.717) is 29.7 Å². The molecule has 2 aliphatic heterocycles. The van der Waals surface area contributed by atoms with Crippen LogP contribution in [0.1, 0.15) is 23.2 Å². The molecule has 5 rings (SSSR count). The Balaban J connectivity index is 1.30. The normalized spacial score (nSPS) is 17.7. The quantitative estimate of drug-likeness (QED) is 0.449. The first-order valence-corrected chi connectivity index (χ1v) is 11.1. The summed E-state index contributed by atoms with van der Waals surface area (Å²) in [5, 5.41) is 16.4. The van der Waals surface area contributed by atoms with E-state index < -0.39 is 0 Å². The number of hydrogen-bond acceptors (Lipinski definition) is 7. The molecule has 34 heavy (non-hydrogen) atoms. The maximum Gasteiger partial charge on any atom is 0.238 e. The van der Waals surface area contributed by atoms with Gasteiger partial charge in [0.2, 0.25) is 17.7 Å². The number of pyridine rings is 1. The molecule has 0 aliphatic carbocycles. The van der Waals surface area contributed by atoms with Crippen LogP contribution >= 0.6 is 0 Å². The van der Waals surface area contributed by atoms with Gasteiger partial charge in [0, 0.05) is 37.5 Å². The van der Waals surface area contributed by atoms with Crippen LogP contribution in [0.15, 0.2) is 59.9 Å². The average Bonchev–Trinajstić information content (AvgIpc) is 3.41. The third-order valence-corrected chi connectivity index (χ3v) is 5.79. The van der Waals surface area contributed by atoms with Gasteiger partial charge in [-0.25, -0.2) is 9.98 Å². The number of benzene rings is 1. The Morgan fingerprint density at radius 1 is 1.32 bits per heavy atom. The maximum atomic E-state index is 12.7. The van der Waals surface area contributed by atoms with Crippen molar-refractivity contribution in [3.63, 3.8) is 0 Å². The zero-order chi connectivity index (χ0) is 23.5. The van der Waals surface area contributed by atoms with Crippen LogP contribution < -0.4 is 10.6 Å². The van der Waals surface area contributed by atoms with Gasteiger partial charge in [0.15, 0.2) is 5.82 Å². The fourth-order valence-corrected chi connectivity index (χ4v) is 3.87. The maximum absolute atomic E-state index is 12.7. The number of carbonyl (C=O) groups is 1. The van der Waals surface area contributed by atoms with Crippen LogP contribution in [0.4, 0.5) is 17.5 Å². The first kappa shape index (κ1) is 21.4. The molecule has 2 aliphatic rings. The van der Waals surface area contributed by atoms with Crippen LogP contribution in [0.3, 0.4) is 0 Å². The van der Waals surface area contributed by atoms with Gasteiger partial charge in [0.05, 0.1) is 17.8 Å². The number of carbonyl (C=O) groups excluding carboxylic acids is 1. The molecule has 0 bridgehead atoms. The largest absolute Gasteiger partial charge is 0.492 e. The Bertz CT molecular complexity index is 1290. The molecular weight excluding hydrogens is 430 g/mol. The van der Waals surface area contributed by atoms with Crippen molar-refractivity contribution < 1.29 is 9.90 Å². The summed E-state index contributed by atoms with van der Waals surface area (Å²) < 4.78 is 0. The first-order valence-electron chi connectivity index (χ1n) is 11.1. The molecule has 4 heterocycles. The summed E-state index contributed by atoms with van der Waals surface area (Å²) >= 11 is 0. The van der Waals surface area contributed by atoms with Gasteiger partial charge < -0.3 is 25.6 Å². The SMILES string of the molecule is CN1C=CC(C(=O)Nc2cnc3c(c2)C(=Cc2[nH]c(NCc4ccccc4)nc2O)C=N3)CC1. The molecule has 0 fully saturated rings. The fourth-order valence-electron chi connectivity index (χ4n) is 3.87. The number of nitrogens with zero attached hydrogens (tertiary/aromatic N) is 4. The molecule has 0 spiro atoms. The molecule has 0 radical (unpaired) electrons. The fraction of sp³-hybridized carbons (Fsp3) is 0.200. The Morgan fingerprint density at radius 2 is 2.18 bits per heavy atom. The zero-order valence-electron chi connectivity index (χ0n) is 18.7. The highest BCUT2D eigenvalue weighted by molar-refractivity contribution is 6.21. The summed E-state index contributed by atoms with van der Waals surface area (Å²) in [4.78, 5) is 30.7. The van der Waals surface area contributed by atoms with E-state index in [4.69, 9.17) is 0 Å². The van der Waals surface area contributed by atoms with Crippen molar-refractivity contribution in [3.8, 4) is 5.88 Å². The summed E-state index contributed by atoms with van der Waals surface area (Å²) in [5.74, 6) is 0.685. The molecule has 0 saturated carbocycles. The predicted octanol–water partition coefficient (Wildman–Crippen LogP) is 3.78. The standard InChI is InChI=1S/C25H25N7O2/c1-32-9-7-17(8-10-32)23(33)29-19-12-20-18(14-26-22(20)27-15-19)11-21-24(34)31-25(30-21)28-13-16-5-3-2-4-6-16/h2-7,9,11-12,14-15,17,34H,8,10,13H2,1H3,(H,29,33)(H2,28,30,31). The lowest BCUT2D eigenvalue weighted by Gasteiger charge is -2.23. The lowest BCUT2D eigenvalue weighted by atomic mass is 10.0. The molecule has 1 atom stereocenters. The molecule has 1 unspecified atom stereocenters. The highest BCUT2D eigenvalue weighted by Crippen LogP contribution is 2.34. The van der Waals surface area contributed by atoms with Gasteiger partial charge in [0.25, 0.3) is 0 Å². The molecule has 2 aromatic heterocycles. The van der Waals surface area contributed by atoms with Crippen molar-refractivity contribution in [2.75, 3.05) is 24.2 Å². The molecule has 3 aromatic rings. The van der Waals surface area contributed by atoms with Gasteiger partial charge in [-0.05, 0) is 30.3 Å². The second-order valence-electron chi connectivity index (χ2n) is 8.32. The summed E-state index contributed by atoms with van der Waals surface area (Å²) in [6, 6.07) is 11.8. The second-order valence-corrected chi connectivity index (χ2v) is 8.32. The van der Waals surface area contributed by atoms with E-state index in [2.05, 4.69) is 35.5 Å². The van der Waals surface area contributed by atoms with Gasteiger partial charge in [-0.2, -0.15) is 4.98 Å². The van der Waals surface area contributed by atoms with Gasteiger partial charge in [-0.3, -0.25) is 4.79 Å². The number of rotatable bonds is 6. The van der Waals surface area contributed by atoms with Crippen molar-refractivity contribution in [1.29, 1.82) is 0 Å². The number of anilines is 2. The molecule has 9 nitrogen and oxygen atoms in total. The molecule has 9 heteroatoms. The van der Waals surface area contributed by atoms with Crippen LogP contribution in [0.2, 0.25) is 0 Å². The lowest BCUT2D eigenvalue weighted by molar-refractivity contribution is -0.118. The number of aromatic nitrogens is 3. The molecular formula is C25H25N7O2. The minimum absolute atomic E-state index is 0.0594. The Kier molecular flexibility index (Phi) is 5.82. The molecule has 1 aromatic carbocycles. The van der Waals surface area contributed by atoms with Gasteiger partial charge in [-0.1, -0.05) is 36.4 Å². The topological polar surface area (TPSA) is 119 Å². The Morgan fingerprint density at radius 3 is 2.97 bits per heavy atom. The van der Waals surface area contributed by atoms with Crippen LogP contribution in [-0.4, -0.2) is 50.7 Å². The van der Waals surface area contributed by atoms with E-state index in [0.717, 1.165) is 29.7 Å². The highest BCUT2D eigenvalue weighted by atomic mass is 16.3. The van der Waals surface area contributed by atoms with Gasteiger partial charge >= 0.3 is 0 Å². The monoisotopic (exact) mass is 455 g/mol. The Hall–Kier alpha value is -4.40. The van der Waals surface area contributed by atoms with E-state index >= 15 is 0 Å². The van der Waals surface area contributed by atoms with Crippen molar-refractivity contribution in [2.45, 2.75) is 13.0 Å². The van der Waals surface area contributed by atoms with E-state index in [1.807, 2.05) is 55.7 Å².